The van der Waals surface area contributed by atoms with Crippen LogP contribution in [0.3, 0.4) is 0 Å². The van der Waals surface area contributed by atoms with Gasteiger partial charge in [0.2, 0.25) is 0 Å². The molecule has 1 N–H and O–H groups in total. The summed E-state index contributed by atoms with van der Waals surface area (Å²) < 4.78 is 0. The molecule has 3 heteroatoms. The van der Waals surface area contributed by atoms with Crippen LogP contribution in [0.15, 0.2) is 16.8 Å². The first-order valence-electron chi connectivity index (χ1n) is 8.71. The van der Waals surface area contributed by atoms with Crippen molar-refractivity contribution >= 4 is 11.3 Å². The Morgan fingerprint density at radius 1 is 1.24 bits per heavy atom. The van der Waals surface area contributed by atoms with E-state index in [1.807, 2.05) is 11.3 Å². The average molecular weight is 309 g/mol. The van der Waals surface area contributed by atoms with Crippen LogP contribution >= 0.6 is 11.3 Å². The SMILES string of the molecule is CC(C)CNCCCCCCN(Cc1ccsc1)C1CC1. The molecule has 0 amide bonds. The zero-order chi connectivity index (χ0) is 14.9. The van der Waals surface area contributed by atoms with Crippen molar-refractivity contribution in [1.82, 2.24) is 10.2 Å². The van der Waals surface area contributed by atoms with Crippen LogP contribution in [0.25, 0.3) is 0 Å². The normalized spacial score (nSPS) is 15.2. The number of hydrogen-bond donors (Lipinski definition) is 1. The van der Waals surface area contributed by atoms with E-state index < -0.39 is 0 Å². The minimum atomic E-state index is 0.772. The maximum atomic E-state index is 3.53. The smallest absolute Gasteiger partial charge is 0.0244 e. The largest absolute Gasteiger partial charge is 0.316 e. The molecule has 1 aliphatic carbocycles. The molecular weight excluding hydrogens is 276 g/mol. The summed E-state index contributed by atoms with van der Waals surface area (Å²) >= 11 is 1.82. The van der Waals surface area contributed by atoms with Gasteiger partial charge in [-0.3, -0.25) is 4.90 Å². The van der Waals surface area contributed by atoms with Gasteiger partial charge in [0.05, 0.1) is 0 Å². The summed E-state index contributed by atoms with van der Waals surface area (Å²) in [4.78, 5) is 2.71. The molecule has 0 aliphatic heterocycles. The molecule has 0 saturated heterocycles. The molecule has 0 bridgehead atoms. The first-order chi connectivity index (χ1) is 10.3. The van der Waals surface area contributed by atoms with E-state index in [0.717, 1.165) is 18.5 Å². The van der Waals surface area contributed by atoms with Crippen molar-refractivity contribution in [3.63, 3.8) is 0 Å². The third-order valence-corrected chi connectivity index (χ3v) is 4.86. The van der Waals surface area contributed by atoms with Crippen molar-refractivity contribution in [3.05, 3.63) is 22.4 Å². The summed E-state index contributed by atoms with van der Waals surface area (Å²) in [5.41, 5.74) is 1.50. The van der Waals surface area contributed by atoms with E-state index in [9.17, 15) is 0 Å². The lowest BCUT2D eigenvalue weighted by Crippen LogP contribution is -2.26. The van der Waals surface area contributed by atoms with Gasteiger partial charge in [0.25, 0.3) is 0 Å². The lowest BCUT2D eigenvalue weighted by molar-refractivity contribution is 0.248. The lowest BCUT2D eigenvalue weighted by Gasteiger charge is -2.21. The molecule has 1 heterocycles. The topological polar surface area (TPSA) is 15.3 Å². The molecular formula is C18H32N2S. The molecule has 0 spiro atoms. The Labute approximate surface area is 134 Å². The van der Waals surface area contributed by atoms with E-state index in [1.165, 1.54) is 63.7 Å². The van der Waals surface area contributed by atoms with E-state index >= 15 is 0 Å². The maximum absolute atomic E-state index is 3.53. The molecule has 120 valence electrons. The van der Waals surface area contributed by atoms with Crippen molar-refractivity contribution in [2.24, 2.45) is 5.92 Å². The molecule has 1 aromatic rings. The fraction of sp³-hybridized carbons (Fsp3) is 0.778. The van der Waals surface area contributed by atoms with Crippen LogP contribution in [-0.2, 0) is 6.54 Å². The number of unbranched alkanes of at least 4 members (excludes halogenated alkanes) is 3. The van der Waals surface area contributed by atoms with Gasteiger partial charge in [-0.25, -0.2) is 0 Å². The maximum Gasteiger partial charge on any atom is 0.0244 e. The highest BCUT2D eigenvalue weighted by Gasteiger charge is 2.28. The highest BCUT2D eigenvalue weighted by atomic mass is 32.1. The van der Waals surface area contributed by atoms with Crippen molar-refractivity contribution < 1.29 is 0 Å². The molecule has 2 nitrogen and oxygen atoms in total. The number of rotatable bonds is 12. The second kappa shape index (κ2) is 9.60. The first-order valence-corrected chi connectivity index (χ1v) is 9.66. The monoisotopic (exact) mass is 308 g/mol. The van der Waals surface area contributed by atoms with Crippen molar-refractivity contribution in [2.45, 2.75) is 65.0 Å². The third kappa shape index (κ3) is 7.44. The van der Waals surface area contributed by atoms with Gasteiger partial charge < -0.3 is 5.32 Å². The number of hydrogen-bond acceptors (Lipinski definition) is 3. The minimum Gasteiger partial charge on any atom is -0.316 e. The Balaban J connectivity index is 1.50. The van der Waals surface area contributed by atoms with Crippen LogP contribution in [0.4, 0.5) is 0 Å². The van der Waals surface area contributed by atoms with Crippen molar-refractivity contribution in [2.75, 3.05) is 19.6 Å². The average Bonchev–Trinajstić information content (AvgIpc) is 3.18. The zero-order valence-electron chi connectivity index (χ0n) is 13.8. The second-order valence-corrected chi connectivity index (χ2v) is 7.63. The number of thiophene rings is 1. The van der Waals surface area contributed by atoms with E-state index in [0.29, 0.717) is 0 Å². The van der Waals surface area contributed by atoms with E-state index in [-0.39, 0.29) is 0 Å². The fourth-order valence-electron chi connectivity index (χ4n) is 2.76. The Kier molecular flexibility index (Phi) is 7.76. The molecule has 1 saturated carbocycles. The molecule has 2 rings (SSSR count). The second-order valence-electron chi connectivity index (χ2n) is 6.85. The van der Waals surface area contributed by atoms with Gasteiger partial charge >= 0.3 is 0 Å². The van der Waals surface area contributed by atoms with Crippen LogP contribution < -0.4 is 5.32 Å². The van der Waals surface area contributed by atoms with E-state index in [1.54, 1.807) is 0 Å². The highest BCUT2D eigenvalue weighted by molar-refractivity contribution is 7.07. The van der Waals surface area contributed by atoms with Crippen LogP contribution in [-0.4, -0.2) is 30.6 Å². The van der Waals surface area contributed by atoms with Crippen LogP contribution in [0.5, 0.6) is 0 Å². The third-order valence-electron chi connectivity index (χ3n) is 4.13. The molecule has 0 aromatic carbocycles. The summed E-state index contributed by atoms with van der Waals surface area (Å²) in [7, 11) is 0. The van der Waals surface area contributed by atoms with Crippen LogP contribution in [0.2, 0.25) is 0 Å². The predicted octanol–water partition coefficient (Wildman–Crippen LogP) is 4.52. The van der Waals surface area contributed by atoms with Gasteiger partial charge in [0.15, 0.2) is 0 Å². The highest BCUT2D eigenvalue weighted by Crippen LogP contribution is 2.29. The minimum absolute atomic E-state index is 0.772. The quantitative estimate of drug-likeness (QED) is 0.571. The molecule has 0 atom stereocenters. The molecule has 1 aromatic heterocycles. The molecule has 1 aliphatic rings. The van der Waals surface area contributed by atoms with E-state index in [4.69, 9.17) is 0 Å². The van der Waals surface area contributed by atoms with Crippen molar-refractivity contribution in [3.8, 4) is 0 Å². The summed E-state index contributed by atoms with van der Waals surface area (Å²) in [5.74, 6) is 0.772. The zero-order valence-corrected chi connectivity index (χ0v) is 14.6. The Hall–Kier alpha value is -0.380. The van der Waals surface area contributed by atoms with Gasteiger partial charge in [-0.05, 0) is 73.6 Å². The lowest BCUT2D eigenvalue weighted by atomic mass is 10.1. The summed E-state index contributed by atoms with van der Waals surface area (Å²) in [6.45, 7) is 9.36. The van der Waals surface area contributed by atoms with Gasteiger partial charge in [-0.2, -0.15) is 11.3 Å². The predicted molar refractivity (Wildman–Crippen MR) is 93.9 cm³/mol. The van der Waals surface area contributed by atoms with Gasteiger partial charge in [0, 0.05) is 12.6 Å². The molecule has 1 fully saturated rings. The van der Waals surface area contributed by atoms with Gasteiger partial charge in [-0.15, -0.1) is 0 Å². The summed E-state index contributed by atoms with van der Waals surface area (Å²) in [5, 5.41) is 8.03. The standard InChI is InChI=1S/C18H32N2S/c1-16(2)13-19-10-5-3-4-6-11-20(18-7-8-18)14-17-9-12-21-15-17/h9,12,15-16,18-19H,3-8,10-11,13-14H2,1-2H3. The number of nitrogens with one attached hydrogen (secondary N) is 1. The van der Waals surface area contributed by atoms with Gasteiger partial charge in [-0.1, -0.05) is 26.7 Å². The fourth-order valence-corrected chi connectivity index (χ4v) is 3.42. The Morgan fingerprint density at radius 3 is 2.71 bits per heavy atom. The molecule has 0 unspecified atom stereocenters. The summed E-state index contributed by atoms with van der Waals surface area (Å²) in [6.07, 6.45) is 8.30. The summed E-state index contributed by atoms with van der Waals surface area (Å²) in [6, 6.07) is 3.16. The van der Waals surface area contributed by atoms with E-state index in [2.05, 4.69) is 40.9 Å². The number of nitrogens with zero attached hydrogens (tertiary/aromatic N) is 1. The molecule has 21 heavy (non-hydrogen) atoms. The molecule has 0 radical (unpaired) electrons. The Bertz CT molecular complexity index is 357. The van der Waals surface area contributed by atoms with Crippen molar-refractivity contribution in [1.29, 1.82) is 0 Å². The first kappa shape index (κ1) is 17.0. The van der Waals surface area contributed by atoms with Crippen LogP contribution in [0, 0.1) is 5.92 Å². The van der Waals surface area contributed by atoms with Gasteiger partial charge in [0.1, 0.15) is 0 Å². The van der Waals surface area contributed by atoms with Crippen LogP contribution in [0.1, 0.15) is 57.9 Å². The Morgan fingerprint density at radius 2 is 2.05 bits per heavy atom.